The number of anilines is 1. The molecule has 2 aliphatic heterocycles. The number of carbonyl (C=O) groups excluding carboxylic acids is 1. The number of hydrogen-bond donors (Lipinski definition) is 1. The summed E-state index contributed by atoms with van der Waals surface area (Å²) < 4.78 is 5.50. The number of nitrogens with one attached hydrogen (secondary N) is 1. The first-order valence-electron chi connectivity index (χ1n) is 11.2. The van der Waals surface area contributed by atoms with E-state index in [1.165, 1.54) is 37.7 Å². The molecule has 0 spiro atoms. The Labute approximate surface area is 176 Å². The maximum Gasteiger partial charge on any atom is 0.410 e. The second-order valence-electron chi connectivity index (χ2n) is 9.59. The number of likely N-dealkylation sites (tertiary alicyclic amines) is 1. The van der Waals surface area contributed by atoms with Gasteiger partial charge >= 0.3 is 6.09 Å². The Kier molecular flexibility index (Phi) is 7.38. The van der Waals surface area contributed by atoms with Crippen LogP contribution in [-0.4, -0.2) is 65.2 Å². The number of nitrogens with zero attached hydrogens (tertiary/aromatic N) is 3. The Morgan fingerprint density at radius 2 is 2.14 bits per heavy atom. The number of aromatic nitrogens is 1. The zero-order chi connectivity index (χ0) is 20.9. The fourth-order valence-electron chi connectivity index (χ4n) is 4.29. The molecule has 0 aliphatic carbocycles. The molecule has 3 heterocycles. The standard InChI is InChI=1S/C23H38N4O2/c1-23(2,3)29-22(28)27-16-13-20(17-27)26(4)15-7-5-6-10-19-12-11-18-9-8-14-24-21(18)25-19/h8-9,14,19-20H,5-7,10-13,15-17H2,1-4H3,(H,24,25)/t19-,20-/m1/s1. The van der Waals surface area contributed by atoms with Crippen molar-refractivity contribution in [3.05, 3.63) is 23.9 Å². The fourth-order valence-corrected chi connectivity index (χ4v) is 4.29. The molecule has 2 atom stereocenters. The highest BCUT2D eigenvalue weighted by atomic mass is 16.6. The summed E-state index contributed by atoms with van der Waals surface area (Å²) >= 11 is 0. The minimum Gasteiger partial charge on any atom is -0.444 e. The molecule has 6 heteroatoms. The lowest BCUT2D eigenvalue weighted by molar-refractivity contribution is 0.0282. The molecule has 3 rings (SSSR count). The van der Waals surface area contributed by atoms with Gasteiger partial charge in [0.05, 0.1) is 0 Å². The van der Waals surface area contributed by atoms with Gasteiger partial charge in [-0.3, -0.25) is 0 Å². The average molecular weight is 403 g/mol. The van der Waals surface area contributed by atoms with E-state index in [2.05, 4.69) is 28.3 Å². The molecular weight excluding hydrogens is 364 g/mol. The van der Waals surface area contributed by atoms with Gasteiger partial charge in [-0.2, -0.15) is 0 Å². The van der Waals surface area contributed by atoms with E-state index in [1.807, 2.05) is 37.9 Å². The van der Waals surface area contributed by atoms with E-state index in [4.69, 9.17) is 4.74 Å². The van der Waals surface area contributed by atoms with Crippen molar-refractivity contribution in [3.63, 3.8) is 0 Å². The number of unbranched alkanes of at least 4 members (excludes halogenated alkanes) is 2. The number of hydrogen-bond acceptors (Lipinski definition) is 5. The van der Waals surface area contributed by atoms with E-state index in [0.29, 0.717) is 12.1 Å². The molecule has 1 amide bonds. The van der Waals surface area contributed by atoms with E-state index in [-0.39, 0.29) is 6.09 Å². The molecule has 0 aromatic carbocycles. The summed E-state index contributed by atoms with van der Waals surface area (Å²) in [6, 6.07) is 5.21. The quantitative estimate of drug-likeness (QED) is 0.689. The van der Waals surface area contributed by atoms with Crippen LogP contribution in [0, 0.1) is 0 Å². The lowest BCUT2D eigenvalue weighted by Crippen LogP contribution is -2.39. The SMILES string of the molecule is CN(CCCCC[C@@H]1CCc2cccnc2N1)[C@@H]1CCN(C(=O)OC(C)(C)C)C1. The molecule has 1 N–H and O–H groups in total. The van der Waals surface area contributed by atoms with Crippen LogP contribution in [0.2, 0.25) is 0 Å². The number of ether oxygens (including phenoxy) is 1. The molecule has 0 radical (unpaired) electrons. The Hall–Kier alpha value is -1.82. The van der Waals surface area contributed by atoms with Gasteiger partial charge in [0.15, 0.2) is 0 Å². The van der Waals surface area contributed by atoms with Crippen LogP contribution in [0.3, 0.4) is 0 Å². The van der Waals surface area contributed by atoms with Crippen molar-refractivity contribution in [2.45, 2.75) is 83.4 Å². The monoisotopic (exact) mass is 402 g/mol. The van der Waals surface area contributed by atoms with Crippen LogP contribution in [0.1, 0.15) is 64.9 Å². The summed E-state index contributed by atoms with van der Waals surface area (Å²) in [6.45, 7) is 8.43. The lowest BCUT2D eigenvalue weighted by Gasteiger charge is -2.27. The van der Waals surface area contributed by atoms with Gasteiger partial charge < -0.3 is 19.9 Å². The number of fused-ring (bicyclic) bond motifs is 1. The van der Waals surface area contributed by atoms with Gasteiger partial charge in [-0.1, -0.05) is 18.9 Å². The molecule has 0 bridgehead atoms. The minimum absolute atomic E-state index is 0.176. The zero-order valence-electron chi connectivity index (χ0n) is 18.6. The van der Waals surface area contributed by atoms with Crippen molar-refractivity contribution in [1.29, 1.82) is 0 Å². The summed E-state index contributed by atoms with van der Waals surface area (Å²) in [5.74, 6) is 1.08. The van der Waals surface area contributed by atoms with Crippen molar-refractivity contribution >= 4 is 11.9 Å². The van der Waals surface area contributed by atoms with Gasteiger partial charge in [0.2, 0.25) is 0 Å². The Balaban J connectivity index is 1.29. The van der Waals surface area contributed by atoms with Gasteiger partial charge in [-0.05, 0) is 78.1 Å². The first-order chi connectivity index (χ1) is 13.8. The Bertz CT molecular complexity index is 673. The molecular formula is C23H38N4O2. The number of aryl methyl sites for hydroxylation is 1. The predicted octanol–water partition coefficient (Wildman–Crippen LogP) is 4.31. The van der Waals surface area contributed by atoms with E-state index in [9.17, 15) is 4.79 Å². The van der Waals surface area contributed by atoms with E-state index in [1.54, 1.807) is 0 Å². The van der Waals surface area contributed by atoms with Gasteiger partial charge in [-0.25, -0.2) is 9.78 Å². The van der Waals surface area contributed by atoms with E-state index < -0.39 is 5.60 Å². The van der Waals surface area contributed by atoms with Crippen molar-refractivity contribution in [3.8, 4) is 0 Å². The smallest absolute Gasteiger partial charge is 0.410 e. The topological polar surface area (TPSA) is 57.7 Å². The number of amides is 1. The first-order valence-corrected chi connectivity index (χ1v) is 11.2. The molecule has 1 aromatic heterocycles. The molecule has 2 aliphatic rings. The summed E-state index contributed by atoms with van der Waals surface area (Å²) in [7, 11) is 2.19. The Morgan fingerprint density at radius 3 is 2.93 bits per heavy atom. The second kappa shape index (κ2) is 9.79. The second-order valence-corrected chi connectivity index (χ2v) is 9.59. The molecule has 162 valence electrons. The summed E-state index contributed by atoms with van der Waals surface area (Å²) in [5.41, 5.74) is 0.925. The van der Waals surface area contributed by atoms with Crippen molar-refractivity contribution in [2.75, 3.05) is 32.0 Å². The normalized spacial score (nSPS) is 21.8. The van der Waals surface area contributed by atoms with Crippen LogP contribution in [0.4, 0.5) is 10.6 Å². The minimum atomic E-state index is -0.424. The maximum absolute atomic E-state index is 12.2. The molecule has 6 nitrogen and oxygen atoms in total. The third-order valence-corrected chi connectivity index (χ3v) is 6.00. The molecule has 1 saturated heterocycles. The van der Waals surface area contributed by atoms with Gasteiger partial charge in [-0.15, -0.1) is 0 Å². The van der Waals surface area contributed by atoms with Crippen LogP contribution in [0.15, 0.2) is 18.3 Å². The van der Waals surface area contributed by atoms with Crippen LogP contribution >= 0.6 is 0 Å². The van der Waals surface area contributed by atoms with E-state index >= 15 is 0 Å². The van der Waals surface area contributed by atoms with Crippen molar-refractivity contribution < 1.29 is 9.53 Å². The third-order valence-electron chi connectivity index (χ3n) is 6.00. The summed E-state index contributed by atoms with van der Waals surface area (Å²) in [4.78, 5) is 21.0. The molecule has 0 saturated carbocycles. The van der Waals surface area contributed by atoms with Crippen molar-refractivity contribution in [2.24, 2.45) is 0 Å². The average Bonchev–Trinajstić information content (AvgIpc) is 3.17. The predicted molar refractivity (Wildman–Crippen MR) is 117 cm³/mol. The Morgan fingerprint density at radius 1 is 1.31 bits per heavy atom. The van der Waals surface area contributed by atoms with Gasteiger partial charge in [0.25, 0.3) is 0 Å². The molecule has 1 aromatic rings. The highest BCUT2D eigenvalue weighted by Gasteiger charge is 2.31. The number of pyridine rings is 1. The van der Waals surface area contributed by atoms with E-state index in [0.717, 1.165) is 38.3 Å². The van der Waals surface area contributed by atoms with Crippen LogP contribution in [0.25, 0.3) is 0 Å². The number of likely N-dealkylation sites (N-methyl/N-ethyl adjacent to an activating group) is 1. The molecule has 29 heavy (non-hydrogen) atoms. The largest absolute Gasteiger partial charge is 0.444 e. The summed E-state index contributed by atoms with van der Waals surface area (Å²) in [5, 5.41) is 3.60. The highest BCUT2D eigenvalue weighted by molar-refractivity contribution is 5.68. The molecule has 0 unspecified atom stereocenters. The maximum atomic E-state index is 12.2. The molecule has 1 fully saturated rings. The van der Waals surface area contributed by atoms with Crippen molar-refractivity contribution in [1.82, 2.24) is 14.8 Å². The highest BCUT2D eigenvalue weighted by Crippen LogP contribution is 2.24. The van der Waals surface area contributed by atoms with Crippen LogP contribution in [0.5, 0.6) is 0 Å². The fraction of sp³-hybridized carbons (Fsp3) is 0.739. The van der Waals surface area contributed by atoms with Gasteiger partial charge in [0, 0.05) is 31.4 Å². The van der Waals surface area contributed by atoms with Crippen LogP contribution in [-0.2, 0) is 11.2 Å². The van der Waals surface area contributed by atoms with Crippen LogP contribution < -0.4 is 5.32 Å². The first kappa shape index (κ1) is 21.9. The third kappa shape index (κ3) is 6.59. The number of rotatable bonds is 7. The zero-order valence-corrected chi connectivity index (χ0v) is 18.6. The lowest BCUT2D eigenvalue weighted by atomic mass is 9.97. The number of carbonyl (C=O) groups is 1. The van der Waals surface area contributed by atoms with Gasteiger partial charge in [0.1, 0.15) is 11.4 Å². The summed E-state index contributed by atoms with van der Waals surface area (Å²) in [6.07, 6.45) is 10.0.